The standard InChI is InChI=1S/C23H24F3N3O4S/c1-3-28(4-2)22(31)14-29-13-20(16-9-5-8-12-19(16)29)34(32,33)15-21(30)27-18-11-7-6-10-17(18)23(24,25)26/h5-13H,3-4,14-15H2,1-2H3,(H,27,30). The number of fused-ring (bicyclic) bond motifs is 1. The number of benzene rings is 2. The zero-order valence-electron chi connectivity index (χ0n) is 18.6. The minimum Gasteiger partial charge on any atom is -0.342 e. The van der Waals surface area contributed by atoms with Crippen LogP contribution >= 0.6 is 0 Å². The van der Waals surface area contributed by atoms with Gasteiger partial charge in [0, 0.05) is 30.2 Å². The summed E-state index contributed by atoms with van der Waals surface area (Å²) in [5.41, 5.74) is -1.11. The van der Waals surface area contributed by atoms with E-state index in [9.17, 15) is 31.2 Å². The molecule has 1 aromatic heterocycles. The van der Waals surface area contributed by atoms with Crippen LogP contribution in [0.15, 0.2) is 59.6 Å². The molecule has 0 aliphatic rings. The largest absolute Gasteiger partial charge is 0.418 e. The van der Waals surface area contributed by atoms with Crippen molar-refractivity contribution in [1.29, 1.82) is 0 Å². The third-order valence-corrected chi connectivity index (χ3v) is 6.97. The second-order valence-electron chi connectivity index (χ2n) is 7.56. The fourth-order valence-electron chi connectivity index (χ4n) is 3.69. The fraction of sp³-hybridized carbons (Fsp3) is 0.304. The highest BCUT2D eigenvalue weighted by molar-refractivity contribution is 7.92. The summed E-state index contributed by atoms with van der Waals surface area (Å²) in [6.45, 7) is 4.57. The molecule has 0 radical (unpaired) electrons. The summed E-state index contributed by atoms with van der Waals surface area (Å²) >= 11 is 0. The van der Waals surface area contributed by atoms with E-state index in [0.29, 0.717) is 24.0 Å². The van der Waals surface area contributed by atoms with E-state index in [2.05, 4.69) is 5.32 Å². The lowest BCUT2D eigenvalue weighted by atomic mass is 10.1. The second kappa shape index (κ2) is 9.88. The molecule has 0 bridgehead atoms. The first kappa shape index (κ1) is 25.3. The molecule has 7 nitrogen and oxygen atoms in total. The van der Waals surface area contributed by atoms with Gasteiger partial charge in [0.25, 0.3) is 0 Å². The molecule has 0 unspecified atom stereocenters. The molecule has 0 spiro atoms. The monoisotopic (exact) mass is 495 g/mol. The van der Waals surface area contributed by atoms with Crippen molar-refractivity contribution in [3.8, 4) is 0 Å². The van der Waals surface area contributed by atoms with Gasteiger partial charge in [-0.2, -0.15) is 13.2 Å². The number of nitrogens with one attached hydrogen (secondary N) is 1. The average Bonchev–Trinajstić information content (AvgIpc) is 3.13. The second-order valence-corrected chi connectivity index (χ2v) is 9.51. The van der Waals surface area contributed by atoms with Crippen LogP contribution in [0.3, 0.4) is 0 Å². The van der Waals surface area contributed by atoms with Crippen molar-refractivity contribution in [2.45, 2.75) is 31.5 Å². The molecular formula is C23H24F3N3O4S. The lowest BCUT2D eigenvalue weighted by molar-refractivity contribution is -0.137. The van der Waals surface area contributed by atoms with Crippen LogP contribution in [0.25, 0.3) is 10.9 Å². The van der Waals surface area contributed by atoms with Crippen molar-refractivity contribution < 1.29 is 31.2 Å². The quantitative estimate of drug-likeness (QED) is 0.513. The van der Waals surface area contributed by atoms with Gasteiger partial charge in [0.05, 0.1) is 16.1 Å². The summed E-state index contributed by atoms with van der Waals surface area (Å²) < 4.78 is 67.2. The minimum atomic E-state index is -4.71. The van der Waals surface area contributed by atoms with Gasteiger partial charge in [-0.1, -0.05) is 30.3 Å². The van der Waals surface area contributed by atoms with Crippen molar-refractivity contribution in [2.24, 2.45) is 0 Å². The Balaban J connectivity index is 1.90. The minimum absolute atomic E-state index is 0.0944. The Morgan fingerprint density at radius 2 is 1.62 bits per heavy atom. The number of para-hydroxylation sites is 2. The highest BCUT2D eigenvalue weighted by atomic mass is 32.2. The number of aromatic nitrogens is 1. The SMILES string of the molecule is CCN(CC)C(=O)Cn1cc(S(=O)(=O)CC(=O)Nc2ccccc2C(F)(F)F)c2ccccc21. The molecule has 2 amide bonds. The molecule has 2 aromatic carbocycles. The van der Waals surface area contributed by atoms with Crippen LogP contribution in [0.5, 0.6) is 0 Å². The Morgan fingerprint density at radius 1 is 1.00 bits per heavy atom. The first-order valence-electron chi connectivity index (χ1n) is 10.5. The van der Waals surface area contributed by atoms with E-state index in [1.165, 1.54) is 22.9 Å². The van der Waals surface area contributed by atoms with Crippen LogP contribution in [0.4, 0.5) is 18.9 Å². The number of carbonyl (C=O) groups excluding carboxylic acids is 2. The van der Waals surface area contributed by atoms with Crippen molar-refractivity contribution in [1.82, 2.24) is 9.47 Å². The lowest BCUT2D eigenvalue weighted by Gasteiger charge is -2.19. The van der Waals surface area contributed by atoms with E-state index in [-0.39, 0.29) is 17.3 Å². The van der Waals surface area contributed by atoms with Crippen LogP contribution in [-0.2, 0) is 32.1 Å². The predicted octanol–water partition coefficient (Wildman–Crippen LogP) is 3.94. The fourth-order valence-corrected chi connectivity index (χ4v) is 5.06. The Bertz CT molecular complexity index is 1310. The van der Waals surface area contributed by atoms with Crippen LogP contribution < -0.4 is 5.32 Å². The van der Waals surface area contributed by atoms with Crippen molar-refractivity contribution in [3.63, 3.8) is 0 Å². The molecule has 1 heterocycles. The highest BCUT2D eigenvalue weighted by Crippen LogP contribution is 2.34. The van der Waals surface area contributed by atoms with Gasteiger partial charge in [0.1, 0.15) is 12.3 Å². The van der Waals surface area contributed by atoms with Crippen LogP contribution in [-0.4, -0.2) is 48.5 Å². The van der Waals surface area contributed by atoms with E-state index in [1.807, 2.05) is 13.8 Å². The zero-order chi connectivity index (χ0) is 25.1. The third kappa shape index (κ3) is 5.41. The van der Waals surface area contributed by atoms with Gasteiger partial charge < -0.3 is 14.8 Å². The van der Waals surface area contributed by atoms with Crippen molar-refractivity contribution >= 4 is 38.2 Å². The lowest BCUT2D eigenvalue weighted by Crippen LogP contribution is -2.33. The summed E-state index contributed by atoms with van der Waals surface area (Å²) in [6.07, 6.45) is -3.42. The van der Waals surface area contributed by atoms with Gasteiger partial charge in [0.2, 0.25) is 11.8 Å². The number of halogens is 3. The molecule has 1 N–H and O–H groups in total. The molecule has 0 fully saturated rings. The number of hydrogen-bond donors (Lipinski definition) is 1. The first-order valence-corrected chi connectivity index (χ1v) is 12.2. The van der Waals surface area contributed by atoms with Crippen LogP contribution in [0.2, 0.25) is 0 Å². The summed E-state index contributed by atoms with van der Waals surface area (Å²) in [6, 6.07) is 10.8. The van der Waals surface area contributed by atoms with Crippen molar-refractivity contribution in [3.05, 3.63) is 60.3 Å². The average molecular weight is 496 g/mol. The predicted molar refractivity (Wildman–Crippen MR) is 122 cm³/mol. The van der Waals surface area contributed by atoms with Gasteiger partial charge in [-0.25, -0.2) is 8.42 Å². The van der Waals surface area contributed by atoms with E-state index >= 15 is 0 Å². The molecule has 34 heavy (non-hydrogen) atoms. The number of amides is 2. The van der Waals surface area contributed by atoms with E-state index < -0.39 is 38.9 Å². The Kier molecular flexibility index (Phi) is 7.35. The number of hydrogen-bond acceptors (Lipinski definition) is 4. The Hall–Kier alpha value is -3.34. The number of carbonyl (C=O) groups is 2. The number of alkyl halides is 3. The maximum absolute atomic E-state index is 13.2. The summed E-state index contributed by atoms with van der Waals surface area (Å²) in [7, 11) is -4.24. The van der Waals surface area contributed by atoms with Crippen LogP contribution in [0, 0.1) is 0 Å². The smallest absolute Gasteiger partial charge is 0.342 e. The van der Waals surface area contributed by atoms with Gasteiger partial charge in [-0.05, 0) is 32.0 Å². The number of likely N-dealkylation sites (N-methyl/N-ethyl adjacent to an activating group) is 1. The maximum Gasteiger partial charge on any atom is 0.418 e. The van der Waals surface area contributed by atoms with Gasteiger partial charge in [0.15, 0.2) is 9.84 Å². The van der Waals surface area contributed by atoms with Gasteiger partial charge in [-0.15, -0.1) is 0 Å². The number of nitrogens with zero attached hydrogens (tertiary/aromatic N) is 2. The molecule has 0 saturated carbocycles. The molecular weight excluding hydrogens is 471 g/mol. The Morgan fingerprint density at radius 3 is 2.26 bits per heavy atom. The van der Waals surface area contributed by atoms with Crippen molar-refractivity contribution in [2.75, 3.05) is 24.2 Å². The normalized spacial score (nSPS) is 12.0. The van der Waals surface area contributed by atoms with Gasteiger partial charge >= 0.3 is 6.18 Å². The molecule has 0 aliphatic carbocycles. The summed E-state index contributed by atoms with van der Waals surface area (Å²) in [5.74, 6) is -2.36. The van der Waals surface area contributed by atoms with Gasteiger partial charge in [-0.3, -0.25) is 9.59 Å². The number of sulfone groups is 1. The number of rotatable bonds is 8. The maximum atomic E-state index is 13.2. The molecule has 11 heteroatoms. The molecule has 3 rings (SSSR count). The van der Waals surface area contributed by atoms with E-state index in [4.69, 9.17) is 0 Å². The summed E-state index contributed by atoms with van der Waals surface area (Å²) in [4.78, 5) is 26.4. The van der Waals surface area contributed by atoms with E-state index in [0.717, 1.165) is 12.1 Å². The Labute approximate surface area is 195 Å². The molecule has 0 aliphatic heterocycles. The number of anilines is 1. The van der Waals surface area contributed by atoms with Crippen LogP contribution in [0.1, 0.15) is 19.4 Å². The third-order valence-electron chi connectivity index (χ3n) is 5.34. The first-order chi connectivity index (χ1) is 16.0. The molecule has 3 aromatic rings. The molecule has 0 saturated heterocycles. The highest BCUT2D eigenvalue weighted by Gasteiger charge is 2.34. The zero-order valence-corrected chi connectivity index (χ0v) is 19.4. The molecule has 0 atom stereocenters. The molecule has 182 valence electrons. The summed E-state index contributed by atoms with van der Waals surface area (Å²) in [5, 5.41) is 2.37. The topological polar surface area (TPSA) is 88.5 Å². The van der Waals surface area contributed by atoms with E-state index in [1.54, 1.807) is 29.2 Å².